The van der Waals surface area contributed by atoms with Gasteiger partial charge in [-0.3, -0.25) is 4.79 Å². The summed E-state index contributed by atoms with van der Waals surface area (Å²) in [6.07, 6.45) is -3.86. The lowest BCUT2D eigenvalue weighted by Gasteiger charge is -2.14. The summed E-state index contributed by atoms with van der Waals surface area (Å²) >= 11 is 5.57. The number of hydrogen-bond acceptors (Lipinski definition) is 2. The van der Waals surface area contributed by atoms with Crippen molar-refractivity contribution in [1.82, 2.24) is 5.32 Å². The number of nitrogens with one attached hydrogen (secondary N) is 2. The summed E-state index contributed by atoms with van der Waals surface area (Å²) in [4.78, 5) is 11.7. The van der Waals surface area contributed by atoms with Crippen LogP contribution in [0.5, 0.6) is 0 Å². The van der Waals surface area contributed by atoms with Crippen LogP contribution in [0.25, 0.3) is 0 Å². The van der Waals surface area contributed by atoms with E-state index >= 15 is 0 Å². The molecule has 1 aromatic rings. The first-order valence-electron chi connectivity index (χ1n) is 6.60. The highest BCUT2D eigenvalue weighted by Gasteiger charge is 2.34. The van der Waals surface area contributed by atoms with Crippen LogP contribution in [0.4, 0.5) is 18.9 Å². The minimum Gasteiger partial charge on any atom is -0.326 e. The Morgan fingerprint density at radius 2 is 2.00 bits per heavy atom. The van der Waals surface area contributed by atoms with Gasteiger partial charge in [-0.1, -0.05) is 25.4 Å². The van der Waals surface area contributed by atoms with Gasteiger partial charge in [-0.2, -0.15) is 13.2 Å². The third-order valence-electron chi connectivity index (χ3n) is 2.69. The molecule has 118 valence electrons. The highest BCUT2D eigenvalue weighted by Crippen LogP contribution is 2.36. The number of hydrogen-bond donors (Lipinski definition) is 2. The molecule has 0 heterocycles. The number of halogens is 4. The maximum atomic E-state index is 12.9. The molecule has 0 bridgehead atoms. The topological polar surface area (TPSA) is 41.1 Å². The molecule has 0 atom stereocenters. The van der Waals surface area contributed by atoms with Crippen LogP contribution in [-0.4, -0.2) is 18.5 Å². The number of anilines is 1. The van der Waals surface area contributed by atoms with Gasteiger partial charge in [-0.25, -0.2) is 0 Å². The number of benzene rings is 1. The van der Waals surface area contributed by atoms with Crippen LogP contribution < -0.4 is 10.6 Å². The second kappa shape index (κ2) is 7.66. The Hall–Kier alpha value is -1.27. The minimum absolute atomic E-state index is 0.0264. The molecule has 1 aromatic carbocycles. The van der Waals surface area contributed by atoms with E-state index in [0.717, 1.165) is 12.1 Å². The zero-order chi connectivity index (χ0) is 16.0. The third-order valence-corrected chi connectivity index (χ3v) is 2.93. The Morgan fingerprint density at radius 3 is 2.57 bits per heavy atom. The minimum atomic E-state index is -4.56. The van der Waals surface area contributed by atoms with Crippen molar-refractivity contribution in [3.05, 3.63) is 28.8 Å². The average molecular weight is 323 g/mol. The molecule has 0 unspecified atom stereocenters. The predicted octanol–water partition coefficient (Wildman–Crippen LogP) is 4.08. The summed E-state index contributed by atoms with van der Waals surface area (Å²) in [6.45, 7) is 4.59. The van der Waals surface area contributed by atoms with Crippen molar-refractivity contribution in [3.8, 4) is 0 Å². The molecular weight excluding hydrogens is 305 g/mol. The molecule has 0 aliphatic heterocycles. The van der Waals surface area contributed by atoms with Gasteiger partial charge in [0.1, 0.15) is 0 Å². The second-order valence-corrected chi connectivity index (χ2v) is 5.38. The standard InChI is InChI=1S/C14H18ClF3N2O/c1-9(2)19-7-3-4-13(21)20-12-6-5-10(15)8-11(12)14(16,17)18/h5-6,8-9,19H,3-4,7H2,1-2H3,(H,20,21). The number of amides is 1. The summed E-state index contributed by atoms with van der Waals surface area (Å²) in [5, 5.41) is 5.39. The van der Waals surface area contributed by atoms with Crippen LogP contribution in [0.3, 0.4) is 0 Å². The number of carbonyl (C=O) groups excluding carboxylic acids is 1. The van der Waals surface area contributed by atoms with Gasteiger partial charge in [0.2, 0.25) is 5.91 Å². The smallest absolute Gasteiger partial charge is 0.326 e. The number of alkyl halides is 3. The fraction of sp³-hybridized carbons (Fsp3) is 0.500. The Morgan fingerprint density at radius 1 is 1.33 bits per heavy atom. The molecule has 0 aliphatic carbocycles. The highest BCUT2D eigenvalue weighted by molar-refractivity contribution is 6.30. The molecule has 0 aliphatic rings. The van der Waals surface area contributed by atoms with Gasteiger partial charge in [0.05, 0.1) is 11.3 Å². The first kappa shape index (κ1) is 17.8. The van der Waals surface area contributed by atoms with E-state index in [-0.39, 0.29) is 17.1 Å². The largest absolute Gasteiger partial charge is 0.418 e. The molecule has 0 aromatic heterocycles. The van der Waals surface area contributed by atoms with Crippen LogP contribution in [0, 0.1) is 0 Å². The predicted molar refractivity (Wildman–Crippen MR) is 77.5 cm³/mol. The van der Waals surface area contributed by atoms with E-state index < -0.39 is 17.6 Å². The zero-order valence-corrected chi connectivity index (χ0v) is 12.6. The summed E-state index contributed by atoms with van der Waals surface area (Å²) < 4.78 is 38.6. The Kier molecular flexibility index (Phi) is 6.48. The average Bonchev–Trinajstić information content (AvgIpc) is 2.35. The van der Waals surface area contributed by atoms with Crippen LogP contribution in [0.2, 0.25) is 5.02 Å². The van der Waals surface area contributed by atoms with Crippen molar-refractivity contribution < 1.29 is 18.0 Å². The van der Waals surface area contributed by atoms with E-state index in [9.17, 15) is 18.0 Å². The van der Waals surface area contributed by atoms with Gasteiger partial charge >= 0.3 is 6.18 Å². The Bertz CT molecular complexity index is 490. The first-order valence-corrected chi connectivity index (χ1v) is 6.98. The van der Waals surface area contributed by atoms with Crippen LogP contribution in [0.15, 0.2) is 18.2 Å². The molecule has 0 spiro atoms. The molecule has 1 amide bonds. The maximum absolute atomic E-state index is 12.9. The van der Waals surface area contributed by atoms with E-state index in [1.807, 2.05) is 13.8 Å². The summed E-state index contributed by atoms with van der Waals surface area (Å²) in [5.74, 6) is -0.451. The normalized spacial score (nSPS) is 11.8. The van der Waals surface area contributed by atoms with Gasteiger partial charge in [0.25, 0.3) is 0 Å². The molecule has 1 rings (SSSR count). The number of rotatable bonds is 6. The lowest BCUT2D eigenvalue weighted by atomic mass is 10.1. The zero-order valence-electron chi connectivity index (χ0n) is 11.9. The quantitative estimate of drug-likeness (QED) is 0.775. The van der Waals surface area contributed by atoms with Crippen LogP contribution in [-0.2, 0) is 11.0 Å². The van der Waals surface area contributed by atoms with Crippen molar-refractivity contribution in [2.24, 2.45) is 0 Å². The highest BCUT2D eigenvalue weighted by atomic mass is 35.5. The fourth-order valence-corrected chi connectivity index (χ4v) is 1.88. The van der Waals surface area contributed by atoms with E-state index in [1.54, 1.807) is 0 Å². The first-order chi connectivity index (χ1) is 9.70. The summed E-state index contributed by atoms with van der Waals surface area (Å²) in [5.41, 5.74) is -1.21. The molecule has 7 heteroatoms. The molecule has 0 saturated heterocycles. The third kappa shape index (κ3) is 6.35. The maximum Gasteiger partial charge on any atom is 0.418 e. The van der Waals surface area contributed by atoms with E-state index in [4.69, 9.17) is 11.6 Å². The van der Waals surface area contributed by atoms with Crippen molar-refractivity contribution in [1.29, 1.82) is 0 Å². The van der Waals surface area contributed by atoms with Crippen molar-refractivity contribution >= 4 is 23.2 Å². The van der Waals surface area contributed by atoms with Gasteiger partial charge in [0, 0.05) is 17.5 Å². The van der Waals surface area contributed by atoms with Crippen LogP contribution >= 0.6 is 11.6 Å². The van der Waals surface area contributed by atoms with E-state index in [2.05, 4.69) is 10.6 Å². The van der Waals surface area contributed by atoms with E-state index in [0.29, 0.717) is 19.0 Å². The number of carbonyl (C=O) groups is 1. The Balaban J connectivity index is 2.64. The molecule has 3 nitrogen and oxygen atoms in total. The SMILES string of the molecule is CC(C)NCCCC(=O)Nc1ccc(Cl)cc1C(F)(F)F. The van der Waals surface area contributed by atoms with Gasteiger partial charge in [0.15, 0.2) is 0 Å². The van der Waals surface area contributed by atoms with Gasteiger partial charge < -0.3 is 10.6 Å². The molecular formula is C14H18ClF3N2O. The molecule has 0 saturated carbocycles. The summed E-state index contributed by atoms with van der Waals surface area (Å²) in [7, 11) is 0. The lowest BCUT2D eigenvalue weighted by Crippen LogP contribution is -2.25. The van der Waals surface area contributed by atoms with Gasteiger partial charge in [-0.15, -0.1) is 0 Å². The van der Waals surface area contributed by atoms with E-state index in [1.165, 1.54) is 6.07 Å². The summed E-state index contributed by atoms with van der Waals surface area (Å²) in [6, 6.07) is 3.58. The molecule has 0 fully saturated rings. The van der Waals surface area contributed by atoms with Crippen molar-refractivity contribution in [2.75, 3.05) is 11.9 Å². The van der Waals surface area contributed by atoms with Crippen LogP contribution in [0.1, 0.15) is 32.3 Å². The molecule has 0 radical (unpaired) electrons. The lowest BCUT2D eigenvalue weighted by molar-refractivity contribution is -0.137. The monoisotopic (exact) mass is 322 g/mol. The Labute approximate surface area is 126 Å². The van der Waals surface area contributed by atoms with Gasteiger partial charge in [-0.05, 0) is 31.2 Å². The van der Waals surface area contributed by atoms with Crippen molar-refractivity contribution in [2.45, 2.75) is 38.9 Å². The second-order valence-electron chi connectivity index (χ2n) is 4.95. The molecule has 2 N–H and O–H groups in total. The fourth-order valence-electron chi connectivity index (χ4n) is 1.71. The van der Waals surface area contributed by atoms with Crippen molar-refractivity contribution in [3.63, 3.8) is 0 Å². The molecule has 21 heavy (non-hydrogen) atoms.